The summed E-state index contributed by atoms with van der Waals surface area (Å²) in [6.07, 6.45) is 0. The number of ketones is 1. The first-order valence-electron chi connectivity index (χ1n) is 5.87. The van der Waals surface area contributed by atoms with Crippen LogP contribution in [0.1, 0.15) is 17.3 Å². The number of amides is 1. The van der Waals surface area contributed by atoms with E-state index < -0.39 is 12.0 Å². The van der Waals surface area contributed by atoms with Crippen molar-refractivity contribution in [3.63, 3.8) is 0 Å². The van der Waals surface area contributed by atoms with Crippen molar-refractivity contribution >= 4 is 35.1 Å². The Morgan fingerprint density at radius 3 is 2.70 bits per heavy atom. The zero-order valence-electron chi connectivity index (χ0n) is 11.0. The quantitative estimate of drug-likeness (QED) is 0.647. The highest BCUT2D eigenvalue weighted by Gasteiger charge is 2.12. The van der Waals surface area contributed by atoms with Gasteiger partial charge in [0.25, 0.3) is 0 Å². The molecule has 6 nitrogen and oxygen atoms in total. The monoisotopic (exact) mass is 296 g/mol. The van der Waals surface area contributed by atoms with Gasteiger partial charge in [0.1, 0.15) is 6.04 Å². The largest absolute Gasteiger partial charge is 0.480 e. The predicted octanol–water partition coefficient (Wildman–Crippen LogP) is 0.973. The first kappa shape index (κ1) is 16.2. The molecule has 108 valence electrons. The van der Waals surface area contributed by atoms with Gasteiger partial charge >= 0.3 is 5.97 Å². The molecule has 0 spiro atoms. The minimum absolute atomic E-state index is 0.0806. The summed E-state index contributed by atoms with van der Waals surface area (Å²) < 4.78 is 0. The van der Waals surface area contributed by atoms with Gasteiger partial charge in [-0.2, -0.15) is 0 Å². The van der Waals surface area contributed by atoms with E-state index in [1.54, 1.807) is 24.3 Å². The molecule has 0 saturated carbocycles. The number of benzene rings is 1. The highest BCUT2D eigenvalue weighted by atomic mass is 32.2. The average molecular weight is 296 g/mol. The molecular weight excluding hydrogens is 280 g/mol. The second kappa shape index (κ2) is 7.66. The minimum atomic E-state index is -1.09. The van der Waals surface area contributed by atoms with E-state index in [2.05, 4.69) is 5.32 Å². The molecule has 1 aromatic carbocycles. The topological polar surface area (TPSA) is 109 Å². The maximum atomic E-state index is 11.6. The van der Waals surface area contributed by atoms with Crippen LogP contribution in [0.3, 0.4) is 0 Å². The fourth-order valence-corrected chi connectivity index (χ4v) is 2.13. The standard InChI is InChI=1S/C13H16N2O4S/c1-8(16)9-3-2-4-10(5-9)15-12(17)7-20-6-11(14)13(18)19/h2-5,11H,6-7,14H2,1H3,(H,15,17)(H,18,19)/t11-/m0/s1. The van der Waals surface area contributed by atoms with Crippen molar-refractivity contribution in [2.75, 3.05) is 16.8 Å². The molecule has 0 aliphatic rings. The Hall–Kier alpha value is -1.86. The first-order chi connectivity index (χ1) is 9.40. The summed E-state index contributed by atoms with van der Waals surface area (Å²) in [5.41, 5.74) is 6.37. The van der Waals surface area contributed by atoms with Crippen LogP contribution in [0, 0.1) is 0 Å². The number of carboxylic acids is 1. The van der Waals surface area contributed by atoms with Crippen molar-refractivity contribution in [2.24, 2.45) is 5.73 Å². The molecule has 0 saturated heterocycles. The number of anilines is 1. The third-order valence-corrected chi connectivity index (χ3v) is 3.46. The van der Waals surface area contributed by atoms with Gasteiger partial charge in [0, 0.05) is 17.0 Å². The fourth-order valence-electron chi connectivity index (χ4n) is 1.36. The number of rotatable bonds is 7. The smallest absolute Gasteiger partial charge is 0.321 e. The van der Waals surface area contributed by atoms with Crippen molar-refractivity contribution in [1.29, 1.82) is 0 Å². The lowest BCUT2D eigenvalue weighted by atomic mass is 10.1. The molecule has 0 bridgehead atoms. The number of hydrogen-bond acceptors (Lipinski definition) is 5. The normalized spacial score (nSPS) is 11.7. The molecule has 0 aromatic heterocycles. The lowest BCUT2D eigenvalue weighted by molar-refractivity contribution is -0.137. The van der Waals surface area contributed by atoms with Gasteiger partial charge < -0.3 is 16.2 Å². The highest BCUT2D eigenvalue weighted by molar-refractivity contribution is 8.00. The average Bonchev–Trinajstić information content (AvgIpc) is 2.38. The van der Waals surface area contributed by atoms with Crippen LogP contribution >= 0.6 is 11.8 Å². The van der Waals surface area contributed by atoms with Gasteiger partial charge in [-0.25, -0.2) is 0 Å². The number of nitrogens with one attached hydrogen (secondary N) is 1. The number of aliphatic carboxylic acids is 1. The summed E-state index contributed by atoms with van der Waals surface area (Å²) in [4.78, 5) is 33.3. The number of carbonyl (C=O) groups excluding carboxylic acids is 2. The number of Topliss-reactive ketones (excluding diaryl/α,β-unsaturated/α-hetero) is 1. The Balaban J connectivity index is 2.44. The van der Waals surface area contributed by atoms with Gasteiger partial charge in [-0.3, -0.25) is 14.4 Å². The summed E-state index contributed by atoms with van der Waals surface area (Å²) in [7, 11) is 0. The zero-order chi connectivity index (χ0) is 15.1. The number of carbonyl (C=O) groups is 3. The molecule has 0 aliphatic heterocycles. The first-order valence-corrected chi connectivity index (χ1v) is 7.02. The van der Waals surface area contributed by atoms with Crippen LogP contribution in [-0.4, -0.2) is 40.3 Å². The van der Waals surface area contributed by atoms with Crippen LogP contribution in [-0.2, 0) is 9.59 Å². The van der Waals surface area contributed by atoms with E-state index in [1.807, 2.05) is 0 Å². The molecule has 4 N–H and O–H groups in total. The number of thioether (sulfide) groups is 1. The Bertz CT molecular complexity index is 519. The van der Waals surface area contributed by atoms with E-state index in [4.69, 9.17) is 10.8 Å². The zero-order valence-corrected chi connectivity index (χ0v) is 11.8. The van der Waals surface area contributed by atoms with Crippen LogP contribution < -0.4 is 11.1 Å². The summed E-state index contributed by atoms with van der Waals surface area (Å²) >= 11 is 1.14. The number of hydrogen-bond donors (Lipinski definition) is 3. The summed E-state index contributed by atoms with van der Waals surface area (Å²) in [5, 5.41) is 11.2. The van der Waals surface area contributed by atoms with E-state index in [1.165, 1.54) is 6.92 Å². The molecule has 1 amide bonds. The second-order valence-electron chi connectivity index (χ2n) is 4.15. The van der Waals surface area contributed by atoms with Crippen molar-refractivity contribution < 1.29 is 19.5 Å². The molecule has 1 atom stereocenters. The predicted molar refractivity (Wildman–Crippen MR) is 78.0 cm³/mol. The van der Waals surface area contributed by atoms with Crippen LogP contribution in [0.4, 0.5) is 5.69 Å². The second-order valence-corrected chi connectivity index (χ2v) is 5.18. The van der Waals surface area contributed by atoms with Crippen molar-refractivity contribution in [2.45, 2.75) is 13.0 Å². The van der Waals surface area contributed by atoms with E-state index in [0.717, 1.165) is 11.8 Å². The SMILES string of the molecule is CC(=O)c1cccc(NC(=O)CSC[C@H](N)C(=O)O)c1. The highest BCUT2D eigenvalue weighted by Crippen LogP contribution is 2.12. The minimum Gasteiger partial charge on any atom is -0.480 e. The molecule has 1 aromatic rings. The Morgan fingerprint density at radius 1 is 1.40 bits per heavy atom. The summed E-state index contributed by atoms with van der Waals surface area (Å²) in [5.74, 6) is -1.18. The fraction of sp³-hybridized carbons (Fsp3) is 0.308. The maximum absolute atomic E-state index is 11.6. The number of nitrogens with two attached hydrogens (primary N) is 1. The molecule has 7 heteroatoms. The molecule has 0 radical (unpaired) electrons. The van der Waals surface area contributed by atoms with Gasteiger partial charge in [-0.1, -0.05) is 12.1 Å². The van der Waals surface area contributed by atoms with Crippen LogP contribution in [0.15, 0.2) is 24.3 Å². The van der Waals surface area contributed by atoms with E-state index >= 15 is 0 Å². The summed E-state index contributed by atoms with van der Waals surface area (Å²) in [6, 6.07) is 5.64. The van der Waals surface area contributed by atoms with E-state index in [9.17, 15) is 14.4 Å². The van der Waals surface area contributed by atoms with Gasteiger partial charge in [0.05, 0.1) is 5.75 Å². The van der Waals surface area contributed by atoms with Gasteiger partial charge in [-0.15, -0.1) is 11.8 Å². The van der Waals surface area contributed by atoms with Gasteiger partial charge in [0.15, 0.2) is 5.78 Å². The molecule has 0 aliphatic carbocycles. The number of carboxylic acid groups (broad SMARTS) is 1. The molecule has 0 unspecified atom stereocenters. The lowest BCUT2D eigenvalue weighted by Crippen LogP contribution is -2.33. The van der Waals surface area contributed by atoms with E-state index in [0.29, 0.717) is 11.3 Å². The molecule has 20 heavy (non-hydrogen) atoms. The van der Waals surface area contributed by atoms with Crippen molar-refractivity contribution in [3.05, 3.63) is 29.8 Å². The van der Waals surface area contributed by atoms with Crippen LogP contribution in [0.25, 0.3) is 0 Å². The molecule has 0 fully saturated rings. The maximum Gasteiger partial charge on any atom is 0.321 e. The molecular formula is C13H16N2O4S. The van der Waals surface area contributed by atoms with Crippen LogP contribution in [0.5, 0.6) is 0 Å². The third kappa shape index (κ3) is 5.41. The third-order valence-electron chi connectivity index (χ3n) is 2.40. The van der Waals surface area contributed by atoms with Crippen molar-refractivity contribution in [1.82, 2.24) is 0 Å². The van der Waals surface area contributed by atoms with Crippen molar-refractivity contribution in [3.8, 4) is 0 Å². The van der Waals surface area contributed by atoms with Gasteiger partial charge in [-0.05, 0) is 19.1 Å². The Labute approximate surface area is 120 Å². The Kier molecular flexibility index (Phi) is 6.20. The lowest BCUT2D eigenvalue weighted by Gasteiger charge is -2.08. The van der Waals surface area contributed by atoms with Gasteiger partial charge in [0.2, 0.25) is 5.91 Å². The summed E-state index contributed by atoms with van der Waals surface area (Å²) in [6.45, 7) is 1.45. The molecule has 0 heterocycles. The van der Waals surface area contributed by atoms with Crippen LogP contribution in [0.2, 0.25) is 0 Å². The Morgan fingerprint density at radius 2 is 2.10 bits per heavy atom. The molecule has 1 rings (SSSR count). The van der Waals surface area contributed by atoms with E-state index in [-0.39, 0.29) is 23.2 Å².